The van der Waals surface area contributed by atoms with Crippen LogP contribution in [0.5, 0.6) is 17.2 Å². The van der Waals surface area contributed by atoms with Gasteiger partial charge >= 0.3 is 5.97 Å². The van der Waals surface area contributed by atoms with Gasteiger partial charge in [0.15, 0.2) is 17.5 Å². The van der Waals surface area contributed by atoms with E-state index in [0.717, 1.165) is 96.2 Å². The molecular formula is C87H128N24O13. The Morgan fingerprint density at radius 1 is 0.435 bits per heavy atom. The smallest absolute Gasteiger partial charge is 0.336 e. The molecule has 3 aromatic heterocycles. The third kappa shape index (κ3) is 21.2. The highest BCUT2D eigenvalue weighted by Crippen LogP contribution is 2.45. The SMILES string of the molecule is CC[C@@H]1C(=O)N(C)c2cnc(Nc3ccc(C(=O)NC[C@H](O)CN4CCN(C)CC4)c4c3OCC4)nc2N1C(C)C.CC[C@@H]1C(=O)N(C)c2cnc(Nc3ccc(C(=O)NC[C@H](O)CN4CCN(C)CC4)c4c3OCC4)nc2N1C(C)C.CC[C@@H]1C(=O)N(C)c2cnc(Nc3ccc(C(=O)O)c4c3OCC4)nc2N1C(C)C.CN1CCN(C[C@@H](O)CN)CC1. The number of fused-ring (bicyclic) bond motifs is 6. The van der Waals surface area contributed by atoms with E-state index in [1.807, 2.05) is 39.5 Å². The van der Waals surface area contributed by atoms with Gasteiger partial charge in [-0.25, -0.2) is 19.7 Å². The molecule has 15 rings (SSSR count). The fraction of sp³-hybridized carbons (Fsp3) is 0.586. The monoisotopic (exact) mass is 1720 g/mol. The molecule has 37 heteroatoms. The number of nitrogens with two attached hydrogens (primary N) is 1. The number of nitrogens with zero attached hydrogens (tertiary/aromatic N) is 18. The molecule has 0 saturated carbocycles. The van der Waals surface area contributed by atoms with Crippen LogP contribution in [0.15, 0.2) is 55.0 Å². The van der Waals surface area contributed by atoms with E-state index >= 15 is 0 Å². The number of carboxylic acids is 1. The number of rotatable bonds is 26. The predicted molar refractivity (Wildman–Crippen MR) is 479 cm³/mol. The van der Waals surface area contributed by atoms with Gasteiger partial charge in [0.1, 0.15) is 52.4 Å². The summed E-state index contributed by atoms with van der Waals surface area (Å²) in [5.41, 5.74) is 12.9. The Hall–Kier alpha value is -10.5. The third-order valence-corrected chi connectivity index (χ3v) is 24.3. The molecule has 37 nitrogen and oxygen atoms in total. The number of carbonyl (C=O) groups is 6. The van der Waals surface area contributed by atoms with E-state index in [1.54, 1.807) is 90.8 Å². The number of aromatic carboxylic acids is 1. The lowest BCUT2D eigenvalue weighted by Crippen LogP contribution is -2.54. The summed E-state index contributed by atoms with van der Waals surface area (Å²) < 4.78 is 17.6. The summed E-state index contributed by atoms with van der Waals surface area (Å²) in [4.78, 5) is 129. The average molecular weight is 1720 g/mol. The Bertz CT molecular complexity index is 4560. The summed E-state index contributed by atoms with van der Waals surface area (Å²) in [6.45, 7) is 34.1. The molecule has 12 heterocycles. The van der Waals surface area contributed by atoms with Crippen LogP contribution in [0.1, 0.15) is 129 Å². The number of hydrogen-bond donors (Lipinski definition) is 10. The molecule has 0 spiro atoms. The summed E-state index contributed by atoms with van der Waals surface area (Å²) in [7, 11) is 11.6. The molecule has 3 saturated heterocycles. The number of aliphatic hydroxyl groups is 3. The second-order valence-corrected chi connectivity index (χ2v) is 34.0. The van der Waals surface area contributed by atoms with Crippen molar-refractivity contribution < 1.29 is 63.4 Å². The minimum atomic E-state index is -0.973. The van der Waals surface area contributed by atoms with E-state index in [1.165, 1.54) is 0 Å². The van der Waals surface area contributed by atoms with Gasteiger partial charge in [-0.3, -0.25) is 38.7 Å². The van der Waals surface area contributed by atoms with Crippen LogP contribution in [-0.2, 0) is 33.6 Å². The zero-order valence-corrected chi connectivity index (χ0v) is 74.6. The second-order valence-electron chi connectivity index (χ2n) is 34.0. The first-order chi connectivity index (χ1) is 59.4. The number of anilines is 12. The number of aliphatic hydroxyl groups excluding tert-OH is 3. The number of carbonyl (C=O) groups excluding carboxylic acids is 5. The van der Waals surface area contributed by atoms with Gasteiger partial charge in [-0.15, -0.1) is 0 Å². The third-order valence-electron chi connectivity index (χ3n) is 24.3. The number of aromatic nitrogens is 6. The van der Waals surface area contributed by atoms with Crippen molar-refractivity contribution in [3.05, 3.63) is 88.4 Å². The largest absolute Gasteiger partial charge is 0.491 e. The topological polar surface area (TPSA) is 413 Å². The zero-order chi connectivity index (χ0) is 89.1. The molecule has 0 radical (unpaired) electrons. The van der Waals surface area contributed by atoms with E-state index in [4.69, 9.17) is 34.9 Å². The highest BCUT2D eigenvalue weighted by molar-refractivity contribution is 6.07. The minimum Gasteiger partial charge on any atom is -0.491 e. The summed E-state index contributed by atoms with van der Waals surface area (Å²) in [6.07, 6.45) is 7.11. The molecule has 9 aliphatic rings. The predicted octanol–water partition coefficient (Wildman–Crippen LogP) is 4.30. The van der Waals surface area contributed by atoms with Gasteiger partial charge in [0.05, 0.1) is 79.3 Å². The lowest BCUT2D eigenvalue weighted by atomic mass is 10.0. The fourth-order valence-electron chi connectivity index (χ4n) is 17.3. The molecule has 6 aromatic rings. The molecule has 5 amide bonds. The summed E-state index contributed by atoms with van der Waals surface area (Å²) in [6, 6.07) is 9.74. The van der Waals surface area contributed by atoms with Gasteiger partial charge in [-0.1, -0.05) is 20.8 Å². The van der Waals surface area contributed by atoms with Crippen molar-refractivity contribution in [1.82, 2.24) is 69.9 Å². The quantitative estimate of drug-likeness (QED) is 0.0362. The highest BCUT2D eigenvalue weighted by atomic mass is 16.5. The molecule has 9 aliphatic heterocycles. The summed E-state index contributed by atoms with van der Waals surface area (Å²) in [5, 5.41) is 55.3. The van der Waals surface area contributed by atoms with Crippen molar-refractivity contribution in [1.29, 1.82) is 0 Å². The summed E-state index contributed by atoms with van der Waals surface area (Å²) in [5.74, 6) is 3.62. The Morgan fingerprint density at radius 2 is 0.718 bits per heavy atom. The van der Waals surface area contributed by atoms with Crippen LogP contribution in [0.4, 0.5) is 69.4 Å². The van der Waals surface area contributed by atoms with Gasteiger partial charge in [0, 0.05) is 204 Å². The fourth-order valence-corrected chi connectivity index (χ4v) is 17.3. The van der Waals surface area contributed by atoms with Crippen LogP contribution >= 0.6 is 0 Å². The molecule has 11 N–H and O–H groups in total. The van der Waals surface area contributed by atoms with Gasteiger partial charge < -0.3 is 111 Å². The van der Waals surface area contributed by atoms with E-state index < -0.39 is 18.2 Å². The van der Waals surface area contributed by atoms with Crippen molar-refractivity contribution in [3.8, 4) is 17.2 Å². The molecule has 0 unspecified atom stereocenters. The lowest BCUT2D eigenvalue weighted by Gasteiger charge is -2.42. The average Bonchev–Trinajstić information content (AvgIpc) is 0.961. The van der Waals surface area contributed by atoms with Crippen molar-refractivity contribution in [2.24, 2.45) is 5.73 Å². The normalized spacial score (nSPS) is 19.9. The summed E-state index contributed by atoms with van der Waals surface area (Å²) >= 11 is 0. The first-order valence-corrected chi connectivity index (χ1v) is 43.6. The maximum Gasteiger partial charge on any atom is 0.336 e. The van der Waals surface area contributed by atoms with Gasteiger partial charge in [0.2, 0.25) is 35.6 Å². The Labute approximate surface area is 726 Å². The zero-order valence-electron chi connectivity index (χ0n) is 74.6. The number of likely N-dealkylation sites (N-methyl/N-ethyl adjacent to an activating group) is 6. The second kappa shape index (κ2) is 41.5. The number of ether oxygens (including phenoxy) is 3. The van der Waals surface area contributed by atoms with Crippen molar-refractivity contribution in [3.63, 3.8) is 0 Å². The number of β-amino-alcohol motifs (C(OH)–C–C–N with tert-alkyl or cyclic N) is 3. The van der Waals surface area contributed by atoms with E-state index in [2.05, 4.69) is 130 Å². The Kier molecular flexibility index (Phi) is 31.1. The molecular weight excluding hydrogens is 1590 g/mol. The van der Waals surface area contributed by atoms with Crippen LogP contribution in [-0.4, -0.2) is 350 Å². The molecule has 3 aromatic carbocycles. The molecule has 0 bridgehead atoms. The van der Waals surface area contributed by atoms with Crippen molar-refractivity contribution in [2.75, 3.05) is 225 Å². The van der Waals surface area contributed by atoms with Crippen LogP contribution in [0.2, 0.25) is 0 Å². The van der Waals surface area contributed by atoms with Crippen molar-refractivity contribution in [2.45, 2.75) is 155 Å². The number of amides is 5. The van der Waals surface area contributed by atoms with Gasteiger partial charge in [-0.2, -0.15) is 15.0 Å². The Balaban J connectivity index is 0.000000160. The Morgan fingerprint density at radius 3 is 0.992 bits per heavy atom. The molecule has 6 atom stereocenters. The van der Waals surface area contributed by atoms with Crippen LogP contribution < -0.4 is 75.9 Å². The van der Waals surface area contributed by atoms with E-state index in [-0.39, 0.29) is 90.5 Å². The number of piperazine rings is 3. The first-order valence-electron chi connectivity index (χ1n) is 43.6. The van der Waals surface area contributed by atoms with Crippen LogP contribution in [0.25, 0.3) is 0 Å². The first kappa shape index (κ1) is 92.7. The molecule has 3 fully saturated rings. The maximum atomic E-state index is 13.1. The number of hydrogen-bond acceptors (Lipinski definition) is 31. The van der Waals surface area contributed by atoms with Crippen LogP contribution in [0.3, 0.4) is 0 Å². The number of carboxylic acid groups (broad SMARTS) is 1. The molecule has 0 aliphatic carbocycles. The lowest BCUT2D eigenvalue weighted by molar-refractivity contribution is -0.120. The van der Waals surface area contributed by atoms with E-state index in [0.29, 0.717) is 181 Å². The number of nitrogens with one attached hydrogen (secondary N) is 5. The molecule has 124 heavy (non-hydrogen) atoms. The van der Waals surface area contributed by atoms with Crippen LogP contribution in [0, 0.1) is 0 Å². The van der Waals surface area contributed by atoms with E-state index in [9.17, 15) is 49.2 Å². The minimum absolute atomic E-state index is 0.0264. The van der Waals surface area contributed by atoms with Gasteiger partial charge in [0.25, 0.3) is 11.8 Å². The number of benzene rings is 3. The van der Waals surface area contributed by atoms with Crippen molar-refractivity contribution >= 4 is 105 Å². The maximum absolute atomic E-state index is 13.1. The highest BCUT2D eigenvalue weighted by Gasteiger charge is 2.43. The molecule has 674 valence electrons. The van der Waals surface area contributed by atoms with Gasteiger partial charge in [-0.05, 0) is 118 Å². The standard InChI is InChI=1S/2C29H42N8O4.C21H25N5O4.C8H19N3O/c2*1-6-23-28(40)35(5)24-16-31-29(33-26(24)37(23)18(2)3)32-22-8-7-21(20-9-14-41-25(20)22)27(39)30-15-19(38)17-36-12-10-34(4)11-13-36;1-5-15-19(27)25(4)16-10-22-21(24-18(16)26(15)11(2)3)23-14-7-6-13(20(28)29)12-8-9-30-17(12)14;1-10-2-4-11(5-3-10)7-8(12)6-9/h2*7-8,16,18-19,23,38H,6,9-15,17H2,1-5H3,(H,30,39)(H,31,32,33);6-7,10-11,15H,5,8-9H2,1-4H3,(H,28,29)(H,22,23,24);8,12H,2-7,9H2,1H3/t2*19-,23+;15-;8-/m0010/s1.